The van der Waals surface area contributed by atoms with Gasteiger partial charge in [-0.05, 0) is 24.1 Å². The highest BCUT2D eigenvalue weighted by Gasteiger charge is 2.19. The number of fused-ring (bicyclic) bond motifs is 1. The molecule has 0 aliphatic carbocycles. The molecule has 6 heteroatoms. The van der Waals surface area contributed by atoms with Gasteiger partial charge < -0.3 is 5.32 Å². The van der Waals surface area contributed by atoms with Gasteiger partial charge in [-0.3, -0.25) is 14.7 Å². The third kappa shape index (κ3) is 2.97. The normalized spacial score (nSPS) is 14.6. The maximum Gasteiger partial charge on any atom is 0.238 e. The van der Waals surface area contributed by atoms with Gasteiger partial charge in [-0.15, -0.1) is 0 Å². The zero-order valence-electron chi connectivity index (χ0n) is 11.0. The minimum Gasteiger partial charge on any atom is -0.324 e. The number of anilines is 1. The maximum atomic E-state index is 12.0. The first-order chi connectivity index (χ1) is 9.81. The van der Waals surface area contributed by atoms with Gasteiger partial charge in [0.1, 0.15) is 6.33 Å². The van der Waals surface area contributed by atoms with Gasteiger partial charge in [0, 0.05) is 25.5 Å². The predicted octanol–water partition coefficient (Wildman–Crippen LogP) is 0.868. The minimum absolute atomic E-state index is 0.0319. The van der Waals surface area contributed by atoms with E-state index in [1.54, 1.807) is 24.8 Å². The minimum atomic E-state index is -0.0319. The number of carbonyl (C=O) groups is 1. The van der Waals surface area contributed by atoms with E-state index in [2.05, 4.69) is 25.2 Å². The van der Waals surface area contributed by atoms with E-state index >= 15 is 0 Å². The molecule has 3 rings (SSSR count). The van der Waals surface area contributed by atoms with Crippen LogP contribution in [0.25, 0.3) is 0 Å². The average molecular weight is 269 g/mol. The number of rotatable bonds is 3. The van der Waals surface area contributed by atoms with Crippen molar-refractivity contribution in [3.63, 3.8) is 0 Å². The van der Waals surface area contributed by atoms with Crippen LogP contribution in [0.3, 0.4) is 0 Å². The molecule has 0 unspecified atom stereocenters. The van der Waals surface area contributed by atoms with Gasteiger partial charge in [-0.25, -0.2) is 9.97 Å². The smallest absolute Gasteiger partial charge is 0.238 e. The lowest BCUT2D eigenvalue weighted by Crippen LogP contribution is -2.37. The van der Waals surface area contributed by atoms with Crippen molar-refractivity contribution >= 4 is 11.6 Å². The zero-order chi connectivity index (χ0) is 13.8. The molecule has 0 radical (unpaired) electrons. The van der Waals surface area contributed by atoms with Crippen molar-refractivity contribution in [3.8, 4) is 0 Å². The number of hydrogen-bond donors (Lipinski definition) is 1. The number of pyridine rings is 1. The summed E-state index contributed by atoms with van der Waals surface area (Å²) in [7, 11) is 0. The summed E-state index contributed by atoms with van der Waals surface area (Å²) in [5.74, 6) is -0.0319. The molecule has 0 saturated carbocycles. The van der Waals surface area contributed by atoms with Crippen molar-refractivity contribution in [2.45, 2.75) is 13.0 Å². The Labute approximate surface area is 116 Å². The average Bonchev–Trinajstić information content (AvgIpc) is 2.48. The molecule has 2 aromatic heterocycles. The Morgan fingerprint density at radius 2 is 2.30 bits per heavy atom. The second kappa shape index (κ2) is 5.75. The summed E-state index contributed by atoms with van der Waals surface area (Å²) in [4.78, 5) is 26.3. The number of hydrogen-bond acceptors (Lipinski definition) is 5. The Bertz CT molecular complexity index is 602. The third-order valence-electron chi connectivity index (χ3n) is 3.26. The van der Waals surface area contributed by atoms with Gasteiger partial charge in [0.25, 0.3) is 0 Å². The Morgan fingerprint density at radius 1 is 1.35 bits per heavy atom. The first kappa shape index (κ1) is 12.7. The summed E-state index contributed by atoms with van der Waals surface area (Å²) in [6.07, 6.45) is 7.61. The summed E-state index contributed by atoms with van der Waals surface area (Å²) >= 11 is 0. The fourth-order valence-corrected chi connectivity index (χ4v) is 2.28. The van der Waals surface area contributed by atoms with E-state index in [1.165, 1.54) is 5.56 Å². The van der Waals surface area contributed by atoms with E-state index in [1.807, 2.05) is 12.3 Å². The predicted molar refractivity (Wildman–Crippen MR) is 73.9 cm³/mol. The Kier molecular flexibility index (Phi) is 3.64. The lowest BCUT2D eigenvalue weighted by Gasteiger charge is -2.26. The van der Waals surface area contributed by atoms with Crippen molar-refractivity contribution in [3.05, 3.63) is 48.3 Å². The van der Waals surface area contributed by atoms with Crippen LogP contribution in [-0.2, 0) is 17.8 Å². The van der Waals surface area contributed by atoms with E-state index in [4.69, 9.17) is 0 Å². The van der Waals surface area contributed by atoms with E-state index in [9.17, 15) is 4.79 Å². The fraction of sp³-hybridized carbons (Fsp3) is 0.286. The Hall–Kier alpha value is -2.34. The molecule has 102 valence electrons. The quantitative estimate of drug-likeness (QED) is 0.895. The molecule has 0 bridgehead atoms. The highest BCUT2D eigenvalue weighted by molar-refractivity contribution is 5.92. The molecule has 0 fully saturated rings. The van der Waals surface area contributed by atoms with Crippen LogP contribution in [0, 0.1) is 0 Å². The standard InChI is InChI=1S/C14H15N5O/c20-14(18-12-2-1-4-15-7-12)9-19-5-3-11-6-16-10-17-13(11)8-19/h1-2,4,6-7,10H,3,5,8-9H2,(H,18,20). The van der Waals surface area contributed by atoms with Crippen LogP contribution >= 0.6 is 0 Å². The van der Waals surface area contributed by atoms with Gasteiger partial charge >= 0.3 is 0 Å². The summed E-state index contributed by atoms with van der Waals surface area (Å²) in [6.45, 7) is 1.90. The van der Waals surface area contributed by atoms with Crippen LogP contribution in [0.2, 0.25) is 0 Å². The second-order valence-electron chi connectivity index (χ2n) is 4.75. The topological polar surface area (TPSA) is 71.0 Å². The first-order valence-electron chi connectivity index (χ1n) is 6.51. The molecule has 0 aromatic carbocycles. The molecular formula is C14H15N5O. The van der Waals surface area contributed by atoms with E-state index in [0.717, 1.165) is 24.3 Å². The Morgan fingerprint density at radius 3 is 3.15 bits per heavy atom. The van der Waals surface area contributed by atoms with Crippen LogP contribution in [0.1, 0.15) is 11.3 Å². The van der Waals surface area contributed by atoms with Gasteiger partial charge in [-0.1, -0.05) is 0 Å². The van der Waals surface area contributed by atoms with E-state index in [0.29, 0.717) is 13.1 Å². The lowest BCUT2D eigenvalue weighted by atomic mass is 10.1. The summed E-state index contributed by atoms with van der Waals surface area (Å²) < 4.78 is 0. The molecule has 3 heterocycles. The first-order valence-corrected chi connectivity index (χ1v) is 6.51. The number of nitrogens with zero attached hydrogens (tertiary/aromatic N) is 4. The van der Waals surface area contributed by atoms with Crippen molar-refractivity contribution in [2.24, 2.45) is 0 Å². The molecule has 0 saturated heterocycles. The van der Waals surface area contributed by atoms with Gasteiger partial charge in [0.15, 0.2) is 0 Å². The monoisotopic (exact) mass is 269 g/mol. The molecule has 20 heavy (non-hydrogen) atoms. The Balaban J connectivity index is 1.58. The molecule has 1 aliphatic rings. The van der Waals surface area contributed by atoms with Crippen LogP contribution in [0.5, 0.6) is 0 Å². The van der Waals surface area contributed by atoms with Gasteiger partial charge in [-0.2, -0.15) is 0 Å². The lowest BCUT2D eigenvalue weighted by molar-refractivity contribution is -0.117. The van der Waals surface area contributed by atoms with Crippen molar-refractivity contribution in [1.29, 1.82) is 0 Å². The number of carbonyl (C=O) groups excluding carboxylic acids is 1. The number of nitrogens with one attached hydrogen (secondary N) is 1. The molecule has 1 amide bonds. The van der Waals surface area contributed by atoms with E-state index in [-0.39, 0.29) is 5.91 Å². The molecule has 1 N–H and O–H groups in total. The molecular weight excluding hydrogens is 254 g/mol. The van der Waals surface area contributed by atoms with Crippen molar-refractivity contribution in [2.75, 3.05) is 18.4 Å². The second-order valence-corrected chi connectivity index (χ2v) is 4.75. The van der Waals surface area contributed by atoms with Crippen LogP contribution in [0.4, 0.5) is 5.69 Å². The van der Waals surface area contributed by atoms with Gasteiger partial charge in [0.05, 0.1) is 24.1 Å². The molecule has 1 aliphatic heterocycles. The summed E-state index contributed by atoms with van der Waals surface area (Å²) in [5.41, 5.74) is 2.91. The van der Waals surface area contributed by atoms with Crippen LogP contribution in [-0.4, -0.2) is 38.8 Å². The summed E-state index contributed by atoms with van der Waals surface area (Å²) in [5, 5.41) is 2.84. The molecule has 0 spiro atoms. The highest BCUT2D eigenvalue weighted by Crippen LogP contribution is 2.15. The van der Waals surface area contributed by atoms with Crippen LogP contribution in [0.15, 0.2) is 37.1 Å². The number of amides is 1. The molecule has 6 nitrogen and oxygen atoms in total. The molecule has 0 atom stereocenters. The third-order valence-corrected chi connectivity index (χ3v) is 3.26. The van der Waals surface area contributed by atoms with E-state index < -0.39 is 0 Å². The zero-order valence-corrected chi connectivity index (χ0v) is 11.0. The van der Waals surface area contributed by atoms with Gasteiger partial charge in [0.2, 0.25) is 5.91 Å². The largest absolute Gasteiger partial charge is 0.324 e. The SMILES string of the molecule is O=C(CN1CCc2cncnc2C1)Nc1cccnc1. The van der Waals surface area contributed by atoms with Crippen molar-refractivity contribution in [1.82, 2.24) is 19.9 Å². The fourth-order valence-electron chi connectivity index (χ4n) is 2.28. The highest BCUT2D eigenvalue weighted by atomic mass is 16.2. The van der Waals surface area contributed by atoms with Crippen LogP contribution < -0.4 is 5.32 Å². The number of aromatic nitrogens is 3. The van der Waals surface area contributed by atoms with Crippen molar-refractivity contribution < 1.29 is 4.79 Å². The molecule has 2 aromatic rings. The maximum absolute atomic E-state index is 12.0. The summed E-state index contributed by atoms with van der Waals surface area (Å²) in [6, 6.07) is 3.62.